The molecule has 0 saturated heterocycles. The lowest BCUT2D eigenvalue weighted by Gasteiger charge is -2.16. The smallest absolute Gasteiger partial charge is 0.407 e. The number of Topliss-reactive ketones (excluding diaryl/α,β-unsaturated/α-hetero) is 1. The fourth-order valence-electron chi connectivity index (χ4n) is 2.63. The molecule has 2 aromatic carbocycles. The molecule has 4 nitrogen and oxygen atoms in total. The molecule has 0 aromatic heterocycles. The second-order valence-electron chi connectivity index (χ2n) is 6.05. The molecule has 2 rings (SSSR count). The molecule has 0 heterocycles. The van der Waals surface area contributed by atoms with Gasteiger partial charge in [0.15, 0.2) is 0 Å². The van der Waals surface area contributed by atoms with Crippen LogP contribution in [0, 0.1) is 5.92 Å². The van der Waals surface area contributed by atoms with Crippen molar-refractivity contribution in [2.45, 2.75) is 32.8 Å². The summed E-state index contributed by atoms with van der Waals surface area (Å²) in [6.07, 6.45) is 1.46. The van der Waals surface area contributed by atoms with Gasteiger partial charge >= 0.3 is 6.09 Å². The summed E-state index contributed by atoms with van der Waals surface area (Å²) >= 11 is 0. The van der Waals surface area contributed by atoms with E-state index in [4.69, 9.17) is 4.74 Å². The number of benzene rings is 2. The van der Waals surface area contributed by atoms with Gasteiger partial charge in [-0.05, 0) is 24.0 Å². The lowest BCUT2D eigenvalue weighted by molar-refractivity contribution is -0.122. The first-order valence-electron chi connectivity index (χ1n) is 8.70. The predicted octanol–water partition coefficient (Wildman–Crippen LogP) is 4.14. The molecule has 1 N–H and O–H groups in total. The van der Waals surface area contributed by atoms with E-state index in [-0.39, 0.29) is 18.3 Å². The Kier molecular flexibility index (Phi) is 7.70. The van der Waals surface area contributed by atoms with E-state index in [0.717, 1.165) is 17.5 Å². The first-order valence-corrected chi connectivity index (χ1v) is 8.70. The van der Waals surface area contributed by atoms with E-state index in [0.29, 0.717) is 19.4 Å². The number of hydrogen-bond donors (Lipinski definition) is 1. The van der Waals surface area contributed by atoms with Crippen LogP contribution in [0.5, 0.6) is 0 Å². The third-order valence-electron chi connectivity index (χ3n) is 3.98. The highest BCUT2D eigenvalue weighted by Crippen LogP contribution is 2.12. The first kappa shape index (κ1) is 18.7. The van der Waals surface area contributed by atoms with E-state index < -0.39 is 6.09 Å². The molecule has 2 aromatic rings. The van der Waals surface area contributed by atoms with Gasteiger partial charge in [-0.1, -0.05) is 67.6 Å². The summed E-state index contributed by atoms with van der Waals surface area (Å²) in [7, 11) is 0. The minimum Gasteiger partial charge on any atom is -0.445 e. The van der Waals surface area contributed by atoms with Crippen LogP contribution < -0.4 is 5.32 Å². The molecule has 25 heavy (non-hydrogen) atoms. The Balaban J connectivity index is 1.85. The van der Waals surface area contributed by atoms with Gasteiger partial charge in [0.2, 0.25) is 0 Å². The van der Waals surface area contributed by atoms with Crippen LogP contribution in [0.3, 0.4) is 0 Å². The monoisotopic (exact) mass is 339 g/mol. The van der Waals surface area contributed by atoms with Gasteiger partial charge in [-0.3, -0.25) is 4.79 Å². The maximum absolute atomic E-state index is 12.3. The molecule has 0 aliphatic carbocycles. The Hall–Kier alpha value is -2.62. The fraction of sp³-hybridized carbons (Fsp3) is 0.333. The molecule has 0 spiro atoms. The molecule has 0 saturated carbocycles. The Morgan fingerprint density at radius 3 is 2.16 bits per heavy atom. The molecule has 0 bridgehead atoms. The lowest BCUT2D eigenvalue weighted by atomic mass is 9.93. The third-order valence-corrected chi connectivity index (χ3v) is 3.98. The van der Waals surface area contributed by atoms with Gasteiger partial charge in [0.1, 0.15) is 12.4 Å². The number of ketones is 1. The lowest BCUT2D eigenvalue weighted by Crippen LogP contribution is -2.34. The van der Waals surface area contributed by atoms with Crippen LogP contribution in [0.1, 0.15) is 30.9 Å². The molecule has 0 radical (unpaired) electrons. The number of ether oxygens (including phenoxy) is 1. The van der Waals surface area contributed by atoms with Gasteiger partial charge in [0.05, 0.1) is 0 Å². The minimum atomic E-state index is -0.494. The Morgan fingerprint density at radius 1 is 0.960 bits per heavy atom. The van der Waals surface area contributed by atoms with Gasteiger partial charge in [-0.2, -0.15) is 0 Å². The van der Waals surface area contributed by atoms with Crippen molar-refractivity contribution in [3.05, 3.63) is 71.8 Å². The van der Waals surface area contributed by atoms with Gasteiger partial charge in [-0.15, -0.1) is 0 Å². The molecule has 1 atom stereocenters. The topological polar surface area (TPSA) is 55.4 Å². The number of rotatable bonds is 9. The van der Waals surface area contributed by atoms with E-state index in [9.17, 15) is 9.59 Å². The second-order valence-corrected chi connectivity index (χ2v) is 6.05. The zero-order chi connectivity index (χ0) is 17.9. The number of amides is 1. The fourth-order valence-corrected chi connectivity index (χ4v) is 2.63. The van der Waals surface area contributed by atoms with Crippen LogP contribution in [0.15, 0.2) is 60.7 Å². The molecular weight excluding hydrogens is 314 g/mol. The average molecular weight is 339 g/mol. The molecule has 1 unspecified atom stereocenters. The summed E-state index contributed by atoms with van der Waals surface area (Å²) in [6.45, 7) is 2.50. The highest BCUT2D eigenvalue weighted by atomic mass is 16.5. The second kappa shape index (κ2) is 10.3. The zero-order valence-electron chi connectivity index (χ0n) is 14.6. The molecule has 4 heteroatoms. The van der Waals surface area contributed by atoms with Crippen molar-refractivity contribution < 1.29 is 14.3 Å². The van der Waals surface area contributed by atoms with Crippen molar-refractivity contribution in [2.75, 3.05) is 6.54 Å². The number of carbonyl (C=O) groups excluding carboxylic acids is 2. The summed E-state index contributed by atoms with van der Waals surface area (Å²) < 4.78 is 5.21. The van der Waals surface area contributed by atoms with Crippen LogP contribution in [-0.2, 0) is 22.6 Å². The van der Waals surface area contributed by atoms with Crippen LogP contribution in [0.2, 0.25) is 0 Å². The summed E-state index contributed by atoms with van der Waals surface area (Å²) in [6, 6.07) is 19.4. The minimum absolute atomic E-state index is 0.176. The number of carbonyl (C=O) groups is 2. The van der Waals surface area contributed by atoms with Crippen LogP contribution >= 0.6 is 0 Å². The largest absolute Gasteiger partial charge is 0.445 e. The third kappa shape index (κ3) is 6.79. The Labute approximate surface area is 149 Å². The SMILES string of the molecule is CCCC(=O)C(CNC(=O)OCc1ccccc1)Cc1ccccc1. The molecule has 0 aliphatic rings. The van der Waals surface area contributed by atoms with Crippen molar-refractivity contribution in [3.63, 3.8) is 0 Å². The molecule has 0 fully saturated rings. The maximum atomic E-state index is 12.3. The quantitative estimate of drug-likeness (QED) is 0.747. The Morgan fingerprint density at radius 2 is 1.56 bits per heavy atom. The average Bonchev–Trinajstić information content (AvgIpc) is 2.65. The number of nitrogens with one attached hydrogen (secondary N) is 1. The van der Waals surface area contributed by atoms with Crippen LogP contribution in [0.25, 0.3) is 0 Å². The van der Waals surface area contributed by atoms with Crippen molar-refractivity contribution >= 4 is 11.9 Å². The molecule has 132 valence electrons. The van der Waals surface area contributed by atoms with E-state index >= 15 is 0 Å². The van der Waals surface area contributed by atoms with Crippen molar-refractivity contribution in [3.8, 4) is 0 Å². The normalized spacial score (nSPS) is 11.6. The molecular formula is C21H25NO3. The first-order chi connectivity index (χ1) is 12.2. The van der Waals surface area contributed by atoms with Crippen molar-refractivity contribution in [1.29, 1.82) is 0 Å². The number of alkyl carbamates (subject to hydrolysis) is 1. The summed E-state index contributed by atoms with van der Waals surface area (Å²) in [5.41, 5.74) is 2.02. The standard InChI is InChI=1S/C21H25NO3/c1-2-9-20(23)19(14-17-10-5-3-6-11-17)15-22-21(24)25-16-18-12-7-4-8-13-18/h3-8,10-13,19H,2,9,14-16H2,1H3,(H,22,24). The van der Waals surface area contributed by atoms with Crippen molar-refractivity contribution in [2.24, 2.45) is 5.92 Å². The van der Waals surface area contributed by atoms with E-state index in [1.165, 1.54) is 0 Å². The van der Waals surface area contributed by atoms with E-state index in [2.05, 4.69) is 5.32 Å². The number of hydrogen-bond acceptors (Lipinski definition) is 3. The molecule has 1 amide bonds. The molecule has 0 aliphatic heterocycles. The van der Waals surface area contributed by atoms with Gasteiger partial charge in [-0.25, -0.2) is 4.79 Å². The summed E-state index contributed by atoms with van der Waals surface area (Å²) in [4.78, 5) is 24.3. The van der Waals surface area contributed by atoms with Crippen LogP contribution in [-0.4, -0.2) is 18.4 Å². The van der Waals surface area contributed by atoms with Gasteiger partial charge < -0.3 is 10.1 Å². The van der Waals surface area contributed by atoms with E-state index in [1.807, 2.05) is 67.6 Å². The highest BCUT2D eigenvalue weighted by Gasteiger charge is 2.19. The van der Waals surface area contributed by atoms with Gasteiger partial charge in [0, 0.05) is 18.9 Å². The zero-order valence-corrected chi connectivity index (χ0v) is 14.6. The maximum Gasteiger partial charge on any atom is 0.407 e. The summed E-state index contributed by atoms with van der Waals surface area (Å²) in [5, 5.41) is 2.73. The van der Waals surface area contributed by atoms with Crippen molar-refractivity contribution in [1.82, 2.24) is 5.32 Å². The summed E-state index contributed by atoms with van der Waals surface area (Å²) in [5.74, 6) is -0.0543. The Bertz CT molecular complexity index is 655. The van der Waals surface area contributed by atoms with E-state index in [1.54, 1.807) is 0 Å². The predicted molar refractivity (Wildman–Crippen MR) is 98.2 cm³/mol. The van der Waals surface area contributed by atoms with Gasteiger partial charge in [0.25, 0.3) is 0 Å². The highest BCUT2D eigenvalue weighted by molar-refractivity contribution is 5.82. The van der Waals surface area contributed by atoms with Crippen LogP contribution in [0.4, 0.5) is 4.79 Å².